The van der Waals surface area contributed by atoms with Gasteiger partial charge in [-0.2, -0.15) is 0 Å². The lowest BCUT2D eigenvalue weighted by atomic mass is 9.81. The maximum absolute atomic E-state index is 13.3. The van der Waals surface area contributed by atoms with Gasteiger partial charge >= 0.3 is 0 Å². The number of hydrogen-bond donors (Lipinski definition) is 1. The van der Waals surface area contributed by atoms with Gasteiger partial charge in [0.15, 0.2) is 0 Å². The molecule has 0 spiro atoms. The van der Waals surface area contributed by atoms with E-state index in [-0.39, 0.29) is 5.82 Å². The van der Waals surface area contributed by atoms with E-state index in [0.29, 0.717) is 10.5 Å². The van der Waals surface area contributed by atoms with E-state index < -0.39 is 0 Å². The number of benzene rings is 1. The fourth-order valence-electron chi connectivity index (χ4n) is 2.35. The smallest absolute Gasteiger partial charge is 0.137 e. The Balaban J connectivity index is 1.99. The molecule has 1 unspecified atom stereocenters. The lowest BCUT2D eigenvalue weighted by Gasteiger charge is -2.29. The van der Waals surface area contributed by atoms with Crippen LogP contribution in [0, 0.1) is 18.7 Å². The van der Waals surface area contributed by atoms with Gasteiger partial charge in [0.1, 0.15) is 5.82 Å². The highest BCUT2D eigenvalue weighted by atomic mass is 79.9. The van der Waals surface area contributed by atoms with Crippen LogP contribution in [0.15, 0.2) is 16.6 Å². The van der Waals surface area contributed by atoms with E-state index in [1.54, 1.807) is 6.07 Å². The zero-order valence-electron chi connectivity index (χ0n) is 10.4. The summed E-state index contributed by atoms with van der Waals surface area (Å²) in [7, 11) is 0. The van der Waals surface area contributed by atoms with Crippen LogP contribution in [0.1, 0.15) is 38.2 Å². The largest absolute Gasteiger partial charge is 0.382 e. The molecule has 94 valence electrons. The highest BCUT2D eigenvalue weighted by Gasteiger charge is 2.20. The van der Waals surface area contributed by atoms with Crippen LogP contribution in [0.25, 0.3) is 0 Å². The molecule has 0 saturated heterocycles. The molecule has 0 radical (unpaired) electrons. The Bertz CT molecular complexity index is 401. The predicted molar refractivity (Wildman–Crippen MR) is 73.9 cm³/mol. The van der Waals surface area contributed by atoms with Gasteiger partial charge in [-0.25, -0.2) is 4.39 Å². The monoisotopic (exact) mass is 299 g/mol. The second-order valence-corrected chi connectivity index (χ2v) is 6.01. The van der Waals surface area contributed by atoms with Crippen LogP contribution in [0.2, 0.25) is 0 Å². The zero-order valence-corrected chi connectivity index (χ0v) is 12.0. The summed E-state index contributed by atoms with van der Waals surface area (Å²) in [6.45, 7) is 4.14. The van der Waals surface area contributed by atoms with E-state index in [1.165, 1.54) is 25.7 Å². The van der Waals surface area contributed by atoms with Gasteiger partial charge in [-0.3, -0.25) is 0 Å². The van der Waals surface area contributed by atoms with Gasteiger partial charge in [0, 0.05) is 11.7 Å². The lowest BCUT2D eigenvalue weighted by Crippen LogP contribution is -2.23. The Morgan fingerprint density at radius 2 is 2.18 bits per heavy atom. The fourth-order valence-corrected chi connectivity index (χ4v) is 2.70. The minimum absolute atomic E-state index is 0.195. The molecule has 1 N–H and O–H groups in total. The second-order valence-electron chi connectivity index (χ2n) is 5.16. The average Bonchev–Trinajstić information content (AvgIpc) is 2.20. The molecule has 3 heteroatoms. The molecular formula is C14H19BrFN. The molecule has 1 atom stereocenters. The van der Waals surface area contributed by atoms with Crippen molar-refractivity contribution in [1.29, 1.82) is 0 Å². The first-order valence-corrected chi connectivity index (χ1v) is 7.07. The Morgan fingerprint density at radius 3 is 2.76 bits per heavy atom. The number of anilines is 1. The minimum Gasteiger partial charge on any atom is -0.382 e. The SMILES string of the molecule is Cc1cc(F)c(Br)cc1NC(C)CC1CCC1. The van der Waals surface area contributed by atoms with Gasteiger partial charge in [-0.15, -0.1) is 0 Å². The number of hydrogen-bond acceptors (Lipinski definition) is 1. The number of nitrogens with one attached hydrogen (secondary N) is 1. The minimum atomic E-state index is -0.195. The molecular weight excluding hydrogens is 281 g/mol. The van der Waals surface area contributed by atoms with Gasteiger partial charge in [0.2, 0.25) is 0 Å². The van der Waals surface area contributed by atoms with E-state index in [1.807, 2.05) is 13.0 Å². The maximum Gasteiger partial charge on any atom is 0.137 e. The van der Waals surface area contributed by atoms with Crippen molar-refractivity contribution < 1.29 is 4.39 Å². The molecule has 0 amide bonds. The Labute approximate surface area is 111 Å². The van der Waals surface area contributed by atoms with E-state index in [2.05, 4.69) is 28.2 Å². The first-order chi connectivity index (χ1) is 8.06. The Hall–Kier alpha value is -0.570. The quantitative estimate of drug-likeness (QED) is 0.835. The van der Waals surface area contributed by atoms with Crippen LogP contribution in [0.3, 0.4) is 0 Å². The van der Waals surface area contributed by atoms with E-state index in [0.717, 1.165) is 17.2 Å². The van der Waals surface area contributed by atoms with Gasteiger partial charge in [-0.05, 0) is 59.8 Å². The topological polar surface area (TPSA) is 12.0 Å². The van der Waals surface area contributed by atoms with Crippen molar-refractivity contribution in [1.82, 2.24) is 0 Å². The summed E-state index contributed by atoms with van der Waals surface area (Å²) in [4.78, 5) is 0. The number of halogens is 2. The molecule has 1 nitrogen and oxygen atoms in total. The van der Waals surface area contributed by atoms with Crippen LogP contribution in [-0.4, -0.2) is 6.04 Å². The van der Waals surface area contributed by atoms with Crippen molar-refractivity contribution in [3.05, 3.63) is 28.0 Å². The van der Waals surface area contributed by atoms with Gasteiger partial charge in [0.05, 0.1) is 4.47 Å². The highest BCUT2D eigenvalue weighted by molar-refractivity contribution is 9.10. The molecule has 1 saturated carbocycles. The molecule has 17 heavy (non-hydrogen) atoms. The molecule has 1 fully saturated rings. The Morgan fingerprint density at radius 1 is 1.47 bits per heavy atom. The predicted octanol–water partition coefficient (Wildman–Crippen LogP) is 4.89. The van der Waals surface area contributed by atoms with Crippen molar-refractivity contribution in [3.63, 3.8) is 0 Å². The first kappa shape index (κ1) is 12.9. The summed E-state index contributed by atoms with van der Waals surface area (Å²) in [6.07, 6.45) is 5.35. The molecule has 1 aromatic carbocycles. The third-order valence-corrected chi connectivity index (χ3v) is 4.19. The number of rotatable bonds is 4. The van der Waals surface area contributed by atoms with Crippen LogP contribution < -0.4 is 5.32 Å². The van der Waals surface area contributed by atoms with E-state index in [9.17, 15) is 4.39 Å². The van der Waals surface area contributed by atoms with Crippen molar-refractivity contribution in [2.24, 2.45) is 5.92 Å². The molecule has 1 aliphatic carbocycles. The number of aryl methyl sites for hydroxylation is 1. The van der Waals surface area contributed by atoms with Crippen molar-refractivity contribution in [2.45, 2.75) is 45.6 Å². The lowest BCUT2D eigenvalue weighted by molar-refractivity contribution is 0.286. The van der Waals surface area contributed by atoms with Crippen LogP contribution in [0.5, 0.6) is 0 Å². The zero-order chi connectivity index (χ0) is 12.4. The molecule has 2 rings (SSSR count). The molecule has 0 bridgehead atoms. The standard InChI is InChI=1S/C14H19BrFN/c1-9-6-13(16)12(15)8-14(9)17-10(2)7-11-4-3-5-11/h6,8,10-11,17H,3-5,7H2,1-2H3. The summed E-state index contributed by atoms with van der Waals surface area (Å²) in [5.41, 5.74) is 2.00. The van der Waals surface area contributed by atoms with Crippen LogP contribution in [-0.2, 0) is 0 Å². The fraction of sp³-hybridized carbons (Fsp3) is 0.571. The van der Waals surface area contributed by atoms with E-state index >= 15 is 0 Å². The third-order valence-electron chi connectivity index (χ3n) is 3.58. The van der Waals surface area contributed by atoms with Crippen LogP contribution >= 0.6 is 15.9 Å². The summed E-state index contributed by atoms with van der Waals surface area (Å²) in [5, 5.41) is 3.48. The molecule has 0 aromatic heterocycles. The maximum atomic E-state index is 13.3. The van der Waals surface area contributed by atoms with E-state index in [4.69, 9.17) is 0 Å². The average molecular weight is 300 g/mol. The van der Waals surface area contributed by atoms with Crippen LogP contribution in [0.4, 0.5) is 10.1 Å². The Kier molecular flexibility index (Phi) is 4.08. The summed E-state index contributed by atoms with van der Waals surface area (Å²) < 4.78 is 13.8. The normalized spacial score (nSPS) is 17.6. The van der Waals surface area contributed by atoms with Crippen molar-refractivity contribution in [3.8, 4) is 0 Å². The van der Waals surface area contributed by atoms with Gasteiger partial charge < -0.3 is 5.32 Å². The van der Waals surface area contributed by atoms with Gasteiger partial charge in [0.25, 0.3) is 0 Å². The second kappa shape index (κ2) is 5.38. The summed E-state index contributed by atoms with van der Waals surface area (Å²) in [6, 6.07) is 3.86. The van der Waals surface area contributed by atoms with Gasteiger partial charge in [-0.1, -0.05) is 19.3 Å². The summed E-state index contributed by atoms with van der Waals surface area (Å²) >= 11 is 3.23. The first-order valence-electron chi connectivity index (χ1n) is 6.28. The molecule has 1 aliphatic rings. The summed E-state index contributed by atoms with van der Waals surface area (Å²) in [5.74, 6) is 0.696. The highest BCUT2D eigenvalue weighted by Crippen LogP contribution is 2.32. The molecule has 0 heterocycles. The van der Waals surface area contributed by atoms with Crippen molar-refractivity contribution >= 4 is 21.6 Å². The molecule has 1 aromatic rings. The molecule has 0 aliphatic heterocycles. The van der Waals surface area contributed by atoms with Crippen molar-refractivity contribution in [2.75, 3.05) is 5.32 Å². The third kappa shape index (κ3) is 3.21.